The second-order valence-electron chi connectivity index (χ2n) is 3.54. The summed E-state index contributed by atoms with van der Waals surface area (Å²) in [5, 5.41) is 2.55. The topological polar surface area (TPSA) is 29.1 Å². The van der Waals surface area contributed by atoms with Gasteiger partial charge < -0.3 is 5.32 Å². The fourth-order valence-corrected chi connectivity index (χ4v) is 1.40. The first kappa shape index (κ1) is 13.8. The zero-order valence-electron chi connectivity index (χ0n) is 9.01. The maximum atomic E-state index is 12.3. The molecule has 0 saturated heterocycles. The maximum absolute atomic E-state index is 12.3. The largest absolute Gasteiger partial charge is 0.416 e. The van der Waals surface area contributed by atoms with Crippen molar-refractivity contribution in [2.45, 2.75) is 19.1 Å². The molecule has 0 saturated carbocycles. The second-order valence-corrected chi connectivity index (χ2v) is 3.81. The van der Waals surface area contributed by atoms with Crippen LogP contribution >= 0.6 is 11.6 Å². The van der Waals surface area contributed by atoms with Gasteiger partial charge in [-0.3, -0.25) is 4.79 Å². The van der Waals surface area contributed by atoms with Gasteiger partial charge in [-0.2, -0.15) is 13.2 Å². The van der Waals surface area contributed by atoms with Crippen LogP contribution in [0.25, 0.3) is 0 Å². The molecule has 1 rings (SSSR count). The van der Waals surface area contributed by atoms with Crippen LogP contribution in [0.4, 0.5) is 13.2 Å². The number of carbonyl (C=O) groups excluding carboxylic acids is 1. The molecule has 1 atom stereocenters. The zero-order valence-corrected chi connectivity index (χ0v) is 9.77. The van der Waals surface area contributed by atoms with Gasteiger partial charge >= 0.3 is 6.18 Å². The first-order valence-electron chi connectivity index (χ1n) is 4.87. The average Bonchev–Trinajstić information content (AvgIpc) is 2.27. The molecule has 1 amide bonds. The Morgan fingerprint density at radius 3 is 2.29 bits per heavy atom. The molecule has 6 heteroatoms. The highest BCUT2D eigenvalue weighted by molar-refractivity contribution is 6.27. The first-order valence-corrected chi connectivity index (χ1v) is 5.40. The minimum atomic E-state index is -4.35. The number of nitrogens with one attached hydrogen (secondary N) is 1. The summed E-state index contributed by atoms with van der Waals surface area (Å²) in [6.07, 6.45) is -4.35. The van der Waals surface area contributed by atoms with Gasteiger partial charge in [-0.05, 0) is 24.6 Å². The summed E-state index contributed by atoms with van der Waals surface area (Å²) in [5.41, 5.74) is -0.117. The van der Waals surface area contributed by atoms with Crippen molar-refractivity contribution in [3.8, 4) is 0 Å². The Bertz CT molecular complexity index is 389. The smallest absolute Gasteiger partial charge is 0.349 e. The van der Waals surface area contributed by atoms with Crippen LogP contribution in [0.1, 0.15) is 24.1 Å². The van der Waals surface area contributed by atoms with Crippen LogP contribution in [0.2, 0.25) is 0 Å². The lowest BCUT2D eigenvalue weighted by atomic mass is 10.1. The summed E-state index contributed by atoms with van der Waals surface area (Å²) in [6.45, 7) is 1.67. The van der Waals surface area contributed by atoms with Gasteiger partial charge in [0.2, 0.25) is 5.91 Å². The van der Waals surface area contributed by atoms with Crippen molar-refractivity contribution in [1.82, 2.24) is 5.32 Å². The SMILES string of the molecule is C[C@H](NC(=O)CCl)c1ccc(C(F)(F)F)cc1. The Hall–Kier alpha value is -1.23. The molecule has 0 aliphatic carbocycles. The third-order valence-electron chi connectivity index (χ3n) is 2.24. The highest BCUT2D eigenvalue weighted by Crippen LogP contribution is 2.29. The van der Waals surface area contributed by atoms with E-state index in [0.29, 0.717) is 5.56 Å². The molecule has 94 valence electrons. The molecular weight excluding hydrogens is 255 g/mol. The monoisotopic (exact) mass is 265 g/mol. The summed E-state index contributed by atoms with van der Waals surface area (Å²) in [5.74, 6) is -0.538. The number of benzene rings is 1. The van der Waals surface area contributed by atoms with Crippen LogP contribution in [-0.2, 0) is 11.0 Å². The fourth-order valence-electron chi connectivity index (χ4n) is 1.32. The Morgan fingerprint density at radius 2 is 1.88 bits per heavy atom. The van der Waals surface area contributed by atoms with Crippen molar-refractivity contribution in [2.75, 3.05) is 5.88 Å². The molecule has 2 nitrogen and oxygen atoms in total. The predicted molar refractivity (Wildman–Crippen MR) is 58.7 cm³/mol. The molecule has 0 heterocycles. The lowest BCUT2D eigenvalue weighted by molar-refractivity contribution is -0.137. The van der Waals surface area contributed by atoms with E-state index in [1.54, 1.807) is 6.92 Å². The Kier molecular flexibility index (Phi) is 4.40. The van der Waals surface area contributed by atoms with E-state index in [2.05, 4.69) is 5.32 Å². The molecule has 0 aromatic heterocycles. The van der Waals surface area contributed by atoms with Crippen molar-refractivity contribution in [3.05, 3.63) is 35.4 Å². The summed E-state index contributed by atoms with van der Waals surface area (Å²) in [6, 6.07) is 4.27. The maximum Gasteiger partial charge on any atom is 0.416 e. The van der Waals surface area contributed by atoms with Crippen molar-refractivity contribution in [1.29, 1.82) is 0 Å². The highest BCUT2D eigenvalue weighted by atomic mass is 35.5. The van der Waals surface area contributed by atoms with Gasteiger partial charge in [0.25, 0.3) is 0 Å². The molecule has 1 N–H and O–H groups in total. The molecule has 0 aliphatic rings. The van der Waals surface area contributed by atoms with E-state index >= 15 is 0 Å². The number of hydrogen-bond donors (Lipinski definition) is 1. The first-order chi connectivity index (χ1) is 7.84. The molecule has 0 bridgehead atoms. The molecule has 0 radical (unpaired) electrons. The zero-order chi connectivity index (χ0) is 13.1. The third kappa shape index (κ3) is 3.93. The molecule has 1 aromatic rings. The molecule has 0 unspecified atom stereocenters. The average molecular weight is 266 g/mol. The number of hydrogen-bond acceptors (Lipinski definition) is 1. The Balaban J connectivity index is 2.77. The Morgan fingerprint density at radius 1 is 1.35 bits per heavy atom. The Labute approximate surface area is 102 Å². The summed E-state index contributed by atoms with van der Waals surface area (Å²) in [4.78, 5) is 11.0. The van der Waals surface area contributed by atoms with Crippen LogP contribution < -0.4 is 5.32 Å². The molecule has 0 spiro atoms. The van der Waals surface area contributed by atoms with Crippen LogP contribution in [0.15, 0.2) is 24.3 Å². The molecule has 0 fully saturated rings. The van der Waals surface area contributed by atoms with E-state index < -0.39 is 11.7 Å². The fraction of sp³-hybridized carbons (Fsp3) is 0.364. The van der Waals surface area contributed by atoms with Gasteiger partial charge in [0.05, 0.1) is 11.6 Å². The van der Waals surface area contributed by atoms with E-state index in [-0.39, 0.29) is 17.8 Å². The summed E-state index contributed by atoms with van der Waals surface area (Å²) >= 11 is 5.31. The van der Waals surface area contributed by atoms with E-state index in [1.165, 1.54) is 12.1 Å². The van der Waals surface area contributed by atoms with Crippen LogP contribution in [-0.4, -0.2) is 11.8 Å². The molecule has 1 aromatic carbocycles. The van der Waals surface area contributed by atoms with Crippen molar-refractivity contribution in [3.63, 3.8) is 0 Å². The van der Waals surface area contributed by atoms with Gasteiger partial charge in [-0.15, -0.1) is 11.6 Å². The number of halogens is 4. The summed E-state index contributed by atoms with van der Waals surface area (Å²) < 4.78 is 36.9. The van der Waals surface area contributed by atoms with Crippen molar-refractivity contribution < 1.29 is 18.0 Å². The standard InChI is InChI=1S/C11H11ClF3NO/c1-7(16-10(17)6-12)8-2-4-9(5-3-8)11(13,14)15/h2-5,7H,6H2,1H3,(H,16,17)/t7-/m0/s1. The van der Waals surface area contributed by atoms with Gasteiger partial charge in [0.15, 0.2) is 0 Å². The molecular formula is C11H11ClF3NO. The number of carbonyl (C=O) groups is 1. The lowest BCUT2D eigenvalue weighted by Crippen LogP contribution is -2.27. The number of amides is 1. The quantitative estimate of drug-likeness (QED) is 0.836. The van der Waals surface area contributed by atoms with Gasteiger partial charge in [-0.25, -0.2) is 0 Å². The third-order valence-corrected chi connectivity index (χ3v) is 2.48. The van der Waals surface area contributed by atoms with E-state index in [9.17, 15) is 18.0 Å². The van der Waals surface area contributed by atoms with E-state index in [1.807, 2.05) is 0 Å². The van der Waals surface area contributed by atoms with Crippen LogP contribution in [0.5, 0.6) is 0 Å². The normalized spacial score (nSPS) is 13.2. The number of rotatable bonds is 3. The van der Waals surface area contributed by atoms with E-state index in [0.717, 1.165) is 12.1 Å². The van der Waals surface area contributed by atoms with E-state index in [4.69, 9.17) is 11.6 Å². The second kappa shape index (κ2) is 5.40. The van der Waals surface area contributed by atoms with Crippen molar-refractivity contribution in [2.24, 2.45) is 0 Å². The van der Waals surface area contributed by atoms with Gasteiger partial charge in [-0.1, -0.05) is 12.1 Å². The molecule has 17 heavy (non-hydrogen) atoms. The van der Waals surface area contributed by atoms with Gasteiger partial charge in [0, 0.05) is 0 Å². The van der Waals surface area contributed by atoms with Gasteiger partial charge in [0.1, 0.15) is 5.88 Å². The lowest BCUT2D eigenvalue weighted by Gasteiger charge is -2.14. The minimum Gasteiger partial charge on any atom is -0.349 e. The van der Waals surface area contributed by atoms with Crippen LogP contribution in [0, 0.1) is 0 Å². The molecule has 0 aliphatic heterocycles. The number of alkyl halides is 4. The van der Waals surface area contributed by atoms with Crippen molar-refractivity contribution >= 4 is 17.5 Å². The summed E-state index contributed by atoms with van der Waals surface area (Å²) in [7, 11) is 0. The highest BCUT2D eigenvalue weighted by Gasteiger charge is 2.30. The minimum absolute atomic E-state index is 0.176. The van der Waals surface area contributed by atoms with Crippen LogP contribution in [0.3, 0.4) is 0 Å². The predicted octanol–water partition coefficient (Wildman–Crippen LogP) is 3.12.